The number of aryl methyl sites for hydroxylation is 1. The number of benzene rings is 2. The van der Waals surface area contributed by atoms with E-state index in [-0.39, 0.29) is 0 Å². The molecule has 2 heteroatoms. The molecule has 3 rings (SSSR count). The minimum absolute atomic E-state index is 0.409. The van der Waals surface area contributed by atoms with E-state index in [2.05, 4.69) is 35.7 Å². The van der Waals surface area contributed by atoms with Crippen LogP contribution >= 0.6 is 0 Å². The van der Waals surface area contributed by atoms with E-state index < -0.39 is 0 Å². The van der Waals surface area contributed by atoms with Crippen molar-refractivity contribution in [2.24, 2.45) is 0 Å². The Kier molecular flexibility index (Phi) is 3.80. The molecule has 0 fully saturated rings. The Morgan fingerprint density at radius 1 is 1.10 bits per heavy atom. The molecule has 1 atom stereocenters. The first kappa shape index (κ1) is 12.9. The molecule has 0 radical (unpaired) electrons. The van der Waals surface area contributed by atoms with E-state index in [0.717, 1.165) is 17.7 Å². The number of hydrogen-bond donors (Lipinski definition) is 1. The van der Waals surface area contributed by atoms with Crippen molar-refractivity contribution in [1.29, 1.82) is 5.26 Å². The van der Waals surface area contributed by atoms with Crippen LogP contribution in [0.4, 0.5) is 0 Å². The van der Waals surface area contributed by atoms with Crippen LogP contribution in [-0.4, -0.2) is 0 Å². The van der Waals surface area contributed by atoms with Gasteiger partial charge in [-0.25, -0.2) is 0 Å². The fourth-order valence-electron chi connectivity index (χ4n) is 2.98. The van der Waals surface area contributed by atoms with Crippen LogP contribution in [0.25, 0.3) is 0 Å². The molecule has 0 spiro atoms. The van der Waals surface area contributed by atoms with Crippen molar-refractivity contribution < 1.29 is 0 Å². The summed E-state index contributed by atoms with van der Waals surface area (Å²) in [7, 11) is 0. The molecule has 100 valence electrons. The minimum Gasteiger partial charge on any atom is -0.306 e. The Bertz CT molecular complexity index is 640. The van der Waals surface area contributed by atoms with Gasteiger partial charge in [-0.2, -0.15) is 5.26 Å². The second-order valence-corrected chi connectivity index (χ2v) is 5.29. The summed E-state index contributed by atoms with van der Waals surface area (Å²) in [6.07, 6.45) is 3.59. The molecular weight excluding hydrogens is 244 g/mol. The van der Waals surface area contributed by atoms with Crippen LogP contribution in [0.5, 0.6) is 0 Å². The number of fused-ring (bicyclic) bond motifs is 1. The first-order chi connectivity index (χ1) is 9.88. The molecule has 0 aromatic heterocycles. The molecule has 0 saturated carbocycles. The number of nitriles is 1. The molecular formula is C18H18N2. The van der Waals surface area contributed by atoms with Crippen molar-refractivity contribution in [3.63, 3.8) is 0 Å². The summed E-state index contributed by atoms with van der Waals surface area (Å²) in [6.45, 7) is 0.753. The van der Waals surface area contributed by atoms with Gasteiger partial charge in [0, 0.05) is 12.6 Å². The van der Waals surface area contributed by atoms with Gasteiger partial charge in [-0.3, -0.25) is 0 Å². The second kappa shape index (κ2) is 5.90. The average molecular weight is 262 g/mol. The van der Waals surface area contributed by atoms with E-state index in [0.29, 0.717) is 6.04 Å². The molecule has 2 nitrogen and oxygen atoms in total. The molecule has 0 aliphatic heterocycles. The number of hydrogen-bond acceptors (Lipinski definition) is 2. The van der Waals surface area contributed by atoms with Crippen molar-refractivity contribution in [2.45, 2.75) is 31.8 Å². The predicted molar refractivity (Wildman–Crippen MR) is 80.1 cm³/mol. The van der Waals surface area contributed by atoms with Gasteiger partial charge in [0.1, 0.15) is 0 Å². The predicted octanol–water partition coefficient (Wildman–Crippen LogP) is 3.73. The molecule has 1 N–H and O–H groups in total. The van der Waals surface area contributed by atoms with E-state index in [4.69, 9.17) is 5.26 Å². The third-order valence-electron chi connectivity index (χ3n) is 4.05. The lowest BCUT2D eigenvalue weighted by Crippen LogP contribution is -2.25. The smallest absolute Gasteiger partial charge is 0.0995 e. The monoisotopic (exact) mass is 262 g/mol. The van der Waals surface area contributed by atoms with Gasteiger partial charge >= 0.3 is 0 Å². The quantitative estimate of drug-likeness (QED) is 0.915. The van der Waals surface area contributed by atoms with Gasteiger partial charge in [-0.05, 0) is 42.0 Å². The van der Waals surface area contributed by atoms with Crippen molar-refractivity contribution >= 4 is 0 Å². The van der Waals surface area contributed by atoms with Crippen LogP contribution in [0.3, 0.4) is 0 Å². The fraction of sp³-hybridized carbons (Fsp3) is 0.278. The highest BCUT2D eigenvalue weighted by Gasteiger charge is 2.19. The van der Waals surface area contributed by atoms with Gasteiger partial charge < -0.3 is 5.32 Å². The Morgan fingerprint density at radius 2 is 1.90 bits per heavy atom. The summed E-state index contributed by atoms with van der Waals surface area (Å²) in [6, 6.07) is 19.2. The van der Waals surface area contributed by atoms with Gasteiger partial charge in [-0.1, -0.05) is 42.5 Å². The first-order valence-corrected chi connectivity index (χ1v) is 7.17. The van der Waals surface area contributed by atoms with E-state index in [9.17, 15) is 0 Å². The molecule has 2 aromatic carbocycles. The molecule has 2 aromatic rings. The van der Waals surface area contributed by atoms with E-state index in [1.165, 1.54) is 30.4 Å². The maximum atomic E-state index is 9.14. The zero-order valence-electron chi connectivity index (χ0n) is 11.5. The average Bonchev–Trinajstić information content (AvgIpc) is 2.53. The summed E-state index contributed by atoms with van der Waals surface area (Å²) < 4.78 is 0. The Balaban J connectivity index is 1.75. The third kappa shape index (κ3) is 2.59. The Labute approximate surface area is 120 Å². The second-order valence-electron chi connectivity index (χ2n) is 5.29. The van der Waals surface area contributed by atoms with Crippen molar-refractivity contribution in [3.05, 3.63) is 70.8 Å². The highest BCUT2D eigenvalue weighted by molar-refractivity contribution is 5.37. The molecule has 1 aliphatic carbocycles. The van der Waals surface area contributed by atoms with Crippen molar-refractivity contribution in [2.75, 3.05) is 0 Å². The Morgan fingerprint density at radius 3 is 2.80 bits per heavy atom. The molecule has 1 aliphatic rings. The highest BCUT2D eigenvalue weighted by Crippen LogP contribution is 2.29. The normalized spacial score (nSPS) is 17.2. The summed E-state index contributed by atoms with van der Waals surface area (Å²) in [4.78, 5) is 0. The third-order valence-corrected chi connectivity index (χ3v) is 4.05. The van der Waals surface area contributed by atoms with Crippen LogP contribution in [0.2, 0.25) is 0 Å². The zero-order valence-corrected chi connectivity index (χ0v) is 11.5. The summed E-state index contributed by atoms with van der Waals surface area (Å²) >= 11 is 0. The summed E-state index contributed by atoms with van der Waals surface area (Å²) in [5.74, 6) is 0. The van der Waals surface area contributed by atoms with Gasteiger partial charge in [-0.15, -0.1) is 0 Å². The van der Waals surface area contributed by atoms with Crippen molar-refractivity contribution in [1.82, 2.24) is 5.32 Å². The van der Waals surface area contributed by atoms with Crippen molar-refractivity contribution in [3.8, 4) is 6.07 Å². The summed E-state index contributed by atoms with van der Waals surface area (Å²) in [5.41, 5.74) is 4.74. The molecule has 0 heterocycles. The largest absolute Gasteiger partial charge is 0.306 e. The van der Waals surface area contributed by atoms with E-state index in [1.807, 2.05) is 24.3 Å². The highest BCUT2D eigenvalue weighted by atomic mass is 14.9. The lowest BCUT2D eigenvalue weighted by atomic mass is 9.87. The van der Waals surface area contributed by atoms with E-state index in [1.54, 1.807) is 0 Å². The van der Waals surface area contributed by atoms with Crippen LogP contribution in [0.15, 0.2) is 48.5 Å². The van der Waals surface area contributed by atoms with E-state index >= 15 is 0 Å². The Hall–Kier alpha value is -2.11. The lowest BCUT2D eigenvalue weighted by molar-refractivity contribution is 0.459. The number of nitrogens with one attached hydrogen (secondary N) is 1. The molecule has 20 heavy (non-hydrogen) atoms. The van der Waals surface area contributed by atoms with Gasteiger partial charge in [0.25, 0.3) is 0 Å². The number of rotatable bonds is 3. The van der Waals surface area contributed by atoms with Gasteiger partial charge in [0.2, 0.25) is 0 Å². The van der Waals surface area contributed by atoms with Gasteiger partial charge in [0.05, 0.1) is 11.6 Å². The van der Waals surface area contributed by atoms with Gasteiger partial charge in [0.15, 0.2) is 0 Å². The SMILES string of the molecule is N#Cc1ccccc1CN[C@H]1CCCc2ccccc21. The van der Waals surface area contributed by atoms with Crippen LogP contribution in [-0.2, 0) is 13.0 Å². The molecule has 0 bridgehead atoms. The lowest BCUT2D eigenvalue weighted by Gasteiger charge is -2.26. The van der Waals surface area contributed by atoms with Crippen LogP contribution < -0.4 is 5.32 Å². The first-order valence-electron chi connectivity index (χ1n) is 7.17. The zero-order chi connectivity index (χ0) is 13.8. The van der Waals surface area contributed by atoms with Crippen LogP contribution in [0.1, 0.15) is 41.1 Å². The molecule has 0 amide bonds. The minimum atomic E-state index is 0.409. The fourth-order valence-corrected chi connectivity index (χ4v) is 2.98. The maximum absolute atomic E-state index is 9.14. The summed E-state index contributed by atoms with van der Waals surface area (Å²) in [5, 5.41) is 12.8. The molecule has 0 saturated heterocycles. The topological polar surface area (TPSA) is 35.8 Å². The standard InChI is InChI=1S/C18H18N2/c19-12-15-7-1-2-8-16(15)13-20-18-11-5-9-14-6-3-4-10-17(14)18/h1-4,6-8,10,18,20H,5,9,11,13H2/t18-/m0/s1. The van der Waals surface area contributed by atoms with Crippen LogP contribution in [0, 0.1) is 11.3 Å². The number of nitrogens with zero attached hydrogens (tertiary/aromatic N) is 1. The maximum Gasteiger partial charge on any atom is 0.0995 e. The molecule has 0 unspecified atom stereocenters.